The highest BCUT2D eigenvalue weighted by atomic mass is 14.9. The summed E-state index contributed by atoms with van der Waals surface area (Å²) < 4.78 is 0. The monoisotopic (exact) mass is 227 g/mol. The molecule has 1 saturated carbocycles. The summed E-state index contributed by atoms with van der Waals surface area (Å²) in [6, 6.07) is 8.35. The van der Waals surface area contributed by atoms with Crippen molar-refractivity contribution in [2.24, 2.45) is 5.73 Å². The second-order valence-electron chi connectivity index (χ2n) is 4.85. The topological polar surface area (TPSA) is 54.7 Å². The van der Waals surface area contributed by atoms with Crippen LogP contribution in [-0.4, -0.2) is 9.97 Å². The number of imidazole rings is 1. The number of rotatable bonds is 2. The van der Waals surface area contributed by atoms with E-state index in [1.807, 2.05) is 12.3 Å². The Labute approximate surface area is 101 Å². The van der Waals surface area contributed by atoms with Crippen LogP contribution in [0, 0.1) is 0 Å². The minimum Gasteiger partial charge on any atom is -0.345 e. The van der Waals surface area contributed by atoms with Gasteiger partial charge in [0.25, 0.3) is 0 Å². The minimum absolute atomic E-state index is 0.163. The predicted octanol–water partition coefficient (Wildman–Crippen LogP) is 2.80. The van der Waals surface area contributed by atoms with Gasteiger partial charge in [0, 0.05) is 23.5 Å². The van der Waals surface area contributed by atoms with Crippen molar-refractivity contribution in [3.63, 3.8) is 0 Å². The molecule has 1 aliphatic rings. The number of hydrogen-bond acceptors (Lipinski definition) is 2. The van der Waals surface area contributed by atoms with Crippen LogP contribution in [0.4, 0.5) is 0 Å². The molecule has 88 valence electrons. The lowest BCUT2D eigenvalue weighted by molar-refractivity contribution is 0.463. The molecule has 17 heavy (non-hydrogen) atoms. The van der Waals surface area contributed by atoms with Gasteiger partial charge in [-0.3, -0.25) is 0 Å². The molecule has 1 aromatic carbocycles. The third kappa shape index (κ3) is 1.76. The van der Waals surface area contributed by atoms with Crippen molar-refractivity contribution >= 4 is 0 Å². The summed E-state index contributed by atoms with van der Waals surface area (Å²) >= 11 is 0. The smallest absolute Gasteiger partial charge is 0.137 e. The highest BCUT2D eigenvalue weighted by molar-refractivity contribution is 5.62. The van der Waals surface area contributed by atoms with E-state index in [1.54, 1.807) is 6.20 Å². The van der Waals surface area contributed by atoms with Gasteiger partial charge in [0.1, 0.15) is 5.82 Å². The largest absolute Gasteiger partial charge is 0.345 e. The van der Waals surface area contributed by atoms with Gasteiger partial charge in [-0.1, -0.05) is 37.1 Å². The van der Waals surface area contributed by atoms with Crippen LogP contribution in [0.25, 0.3) is 11.4 Å². The second-order valence-corrected chi connectivity index (χ2v) is 4.85. The molecule has 0 amide bonds. The summed E-state index contributed by atoms with van der Waals surface area (Å²) in [5, 5.41) is 0. The van der Waals surface area contributed by atoms with Gasteiger partial charge in [-0.15, -0.1) is 0 Å². The molecular weight excluding hydrogens is 210 g/mol. The van der Waals surface area contributed by atoms with Gasteiger partial charge in [0.2, 0.25) is 0 Å². The highest BCUT2D eigenvalue weighted by Gasteiger charge is 2.33. The van der Waals surface area contributed by atoms with Crippen LogP contribution in [0.5, 0.6) is 0 Å². The lowest BCUT2D eigenvalue weighted by atomic mass is 9.86. The highest BCUT2D eigenvalue weighted by Crippen LogP contribution is 2.40. The predicted molar refractivity (Wildman–Crippen MR) is 68.4 cm³/mol. The van der Waals surface area contributed by atoms with Gasteiger partial charge in [0.15, 0.2) is 0 Å². The molecule has 1 aliphatic carbocycles. The number of nitrogens with zero attached hydrogens (tertiary/aromatic N) is 1. The van der Waals surface area contributed by atoms with E-state index in [1.165, 1.54) is 18.4 Å². The Morgan fingerprint density at radius 1 is 1.18 bits per heavy atom. The molecule has 1 heterocycles. The molecule has 0 atom stereocenters. The number of aromatic nitrogens is 2. The van der Waals surface area contributed by atoms with E-state index in [-0.39, 0.29) is 5.54 Å². The zero-order valence-electron chi connectivity index (χ0n) is 9.82. The summed E-state index contributed by atoms with van der Waals surface area (Å²) in [5.41, 5.74) is 8.75. The van der Waals surface area contributed by atoms with Crippen molar-refractivity contribution < 1.29 is 0 Å². The first-order valence-corrected chi connectivity index (χ1v) is 6.18. The molecule has 0 saturated heterocycles. The first-order valence-electron chi connectivity index (χ1n) is 6.18. The molecule has 0 spiro atoms. The molecule has 0 aliphatic heterocycles. The first-order chi connectivity index (χ1) is 8.30. The SMILES string of the molecule is NC1(c2ccccc2-c2ncc[nH]2)CCCC1. The molecule has 1 aromatic heterocycles. The van der Waals surface area contributed by atoms with Gasteiger partial charge >= 0.3 is 0 Å². The summed E-state index contributed by atoms with van der Waals surface area (Å²) in [6.07, 6.45) is 8.23. The van der Waals surface area contributed by atoms with E-state index >= 15 is 0 Å². The second kappa shape index (κ2) is 4.00. The lowest BCUT2D eigenvalue weighted by Crippen LogP contribution is -2.33. The number of nitrogens with two attached hydrogens (primary N) is 1. The fraction of sp³-hybridized carbons (Fsp3) is 0.357. The maximum atomic E-state index is 6.55. The van der Waals surface area contributed by atoms with Crippen molar-refractivity contribution in [1.29, 1.82) is 0 Å². The molecule has 0 unspecified atom stereocenters. The van der Waals surface area contributed by atoms with Crippen molar-refractivity contribution in [2.45, 2.75) is 31.2 Å². The molecule has 3 nitrogen and oxygen atoms in total. The third-order valence-electron chi connectivity index (χ3n) is 3.71. The molecule has 0 bridgehead atoms. The van der Waals surface area contributed by atoms with Crippen molar-refractivity contribution in [1.82, 2.24) is 9.97 Å². The van der Waals surface area contributed by atoms with E-state index in [9.17, 15) is 0 Å². The van der Waals surface area contributed by atoms with Crippen molar-refractivity contribution in [3.05, 3.63) is 42.2 Å². The fourth-order valence-corrected chi connectivity index (χ4v) is 2.81. The fourth-order valence-electron chi connectivity index (χ4n) is 2.81. The maximum Gasteiger partial charge on any atom is 0.137 e. The average Bonchev–Trinajstić information content (AvgIpc) is 3.00. The van der Waals surface area contributed by atoms with Crippen molar-refractivity contribution in [3.8, 4) is 11.4 Å². The summed E-state index contributed by atoms with van der Waals surface area (Å²) in [4.78, 5) is 7.51. The van der Waals surface area contributed by atoms with Crippen LogP contribution >= 0.6 is 0 Å². The van der Waals surface area contributed by atoms with Gasteiger partial charge in [-0.25, -0.2) is 4.98 Å². The lowest BCUT2D eigenvalue weighted by Gasteiger charge is -2.26. The van der Waals surface area contributed by atoms with Crippen LogP contribution in [0.2, 0.25) is 0 Å². The van der Waals surface area contributed by atoms with E-state index in [4.69, 9.17) is 5.73 Å². The zero-order chi connectivity index (χ0) is 11.7. The Bertz CT molecular complexity index is 496. The van der Waals surface area contributed by atoms with E-state index in [0.717, 1.165) is 24.2 Å². The number of hydrogen-bond donors (Lipinski definition) is 2. The Morgan fingerprint density at radius 3 is 2.65 bits per heavy atom. The van der Waals surface area contributed by atoms with Gasteiger partial charge in [-0.05, 0) is 18.4 Å². The van der Waals surface area contributed by atoms with Gasteiger partial charge in [0.05, 0.1) is 0 Å². The van der Waals surface area contributed by atoms with Crippen LogP contribution in [-0.2, 0) is 5.54 Å². The molecule has 3 rings (SSSR count). The summed E-state index contributed by atoms with van der Waals surface area (Å²) in [6.45, 7) is 0. The number of H-pyrrole nitrogens is 1. The maximum absolute atomic E-state index is 6.55. The van der Waals surface area contributed by atoms with Crippen molar-refractivity contribution in [2.75, 3.05) is 0 Å². The Balaban J connectivity index is 2.11. The molecule has 3 N–H and O–H groups in total. The van der Waals surface area contributed by atoms with E-state index in [0.29, 0.717) is 0 Å². The van der Waals surface area contributed by atoms with Gasteiger partial charge < -0.3 is 10.7 Å². The Morgan fingerprint density at radius 2 is 1.94 bits per heavy atom. The molecule has 3 heteroatoms. The van der Waals surface area contributed by atoms with Gasteiger partial charge in [-0.2, -0.15) is 0 Å². The minimum atomic E-state index is -0.163. The molecular formula is C14H17N3. The summed E-state index contributed by atoms with van der Waals surface area (Å²) in [5.74, 6) is 0.914. The molecule has 1 fully saturated rings. The Kier molecular flexibility index (Phi) is 2.48. The molecule has 0 radical (unpaired) electrons. The first kappa shape index (κ1) is 10.5. The third-order valence-corrected chi connectivity index (χ3v) is 3.71. The number of aromatic amines is 1. The van der Waals surface area contributed by atoms with Crippen LogP contribution in [0.3, 0.4) is 0 Å². The number of benzene rings is 1. The van der Waals surface area contributed by atoms with E-state index < -0.39 is 0 Å². The summed E-state index contributed by atoms with van der Waals surface area (Å²) in [7, 11) is 0. The van der Waals surface area contributed by atoms with Crippen LogP contribution in [0.1, 0.15) is 31.2 Å². The standard InChI is InChI=1S/C14H17N3/c15-14(7-3-4-8-14)12-6-2-1-5-11(12)13-16-9-10-17-13/h1-2,5-6,9-10H,3-4,7-8,15H2,(H,16,17). The van der Waals surface area contributed by atoms with E-state index in [2.05, 4.69) is 28.2 Å². The Hall–Kier alpha value is -1.61. The van der Waals surface area contributed by atoms with Crippen LogP contribution < -0.4 is 5.73 Å². The number of nitrogens with one attached hydrogen (secondary N) is 1. The molecule has 2 aromatic rings. The van der Waals surface area contributed by atoms with Crippen LogP contribution in [0.15, 0.2) is 36.7 Å². The average molecular weight is 227 g/mol. The quantitative estimate of drug-likeness (QED) is 0.828. The zero-order valence-corrected chi connectivity index (χ0v) is 9.82. The normalized spacial score (nSPS) is 18.4.